The monoisotopic (exact) mass is 258 g/mol. The molecule has 0 bridgehead atoms. The third kappa shape index (κ3) is 2.38. The molecule has 1 saturated carbocycles. The Morgan fingerprint density at radius 3 is 2.79 bits per heavy atom. The summed E-state index contributed by atoms with van der Waals surface area (Å²) in [6, 6.07) is 4.38. The van der Waals surface area contributed by atoms with Gasteiger partial charge in [-0.1, -0.05) is 12.8 Å². The largest absolute Gasteiger partial charge is 0.353 e. The molecule has 3 heteroatoms. The molecule has 3 nitrogen and oxygen atoms in total. The van der Waals surface area contributed by atoms with E-state index in [2.05, 4.69) is 9.88 Å². The van der Waals surface area contributed by atoms with E-state index in [0.29, 0.717) is 6.04 Å². The van der Waals surface area contributed by atoms with Gasteiger partial charge in [0.15, 0.2) is 5.78 Å². The van der Waals surface area contributed by atoms with Crippen LogP contribution in [0.4, 0.5) is 5.82 Å². The van der Waals surface area contributed by atoms with Crippen molar-refractivity contribution in [1.82, 2.24) is 4.98 Å². The molecule has 1 aromatic rings. The third-order valence-electron chi connectivity index (χ3n) is 4.68. The van der Waals surface area contributed by atoms with Gasteiger partial charge in [0.05, 0.1) is 5.56 Å². The second kappa shape index (κ2) is 5.32. The number of carbonyl (C=O) groups excluding carboxylic acids is 1. The molecule has 0 aromatic carbocycles. The minimum Gasteiger partial charge on any atom is -0.353 e. The predicted molar refractivity (Wildman–Crippen MR) is 76.6 cm³/mol. The van der Waals surface area contributed by atoms with Gasteiger partial charge < -0.3 is 4.90 Å². The van der Waals surface area contributed by atoms with Gasteiger partial charge >= 0.3 is 0 Å². The normalized spacial score (nSPS) is 24.1. The number of Topliss-reactive ketones (excluding diaryl/α,β-unsaturated/α-hetero) is 1. The predicted octanol–water partition coefficient (Wildman–Crippen LogP) is 3.44. The molecule has 1 atom stereocenters. The van der Waals surface area contributed by atoms with Gasteiger partial charge in [-0.25, -0.2) is 4.98 Å². The number of pyridine rings is 1. The van der Waals surface area contributed by atoms with Gasteiger partial charge in [-0.2, -0.15) is 0 Å². The van der Waals surface area contributed by atoms with Crippen molar-refractivity contribution in [2.75, 3.05) is 11.4 Å². The van der Waals surface area contributed by atoms with Gasteiger partial charge in [-0.3, -0.25) is 4.79 Å². The summed E-state index contributed by atoms with van der Waals surface area (Å²) in [5.74, 6) is 1.86. The average molecular weight is 258 g/mol. The van der Waals surface area contributed by atoms with Crippen molar-refractivity contribution in [3.05, 3.63) is 23.9 Å². The molecule has 19 heavy (non-hydrogen) atoms. The second-order valence-electron chi connectivity index (χ2n) is 5.88. The number of nitrogens with zero attached hydrogens (tertiary/aromatic N) is 2. The Hall–Kier alpha value is -1.38. The smallest absolute Gasteiger partial charge is 0.163 e. The van der Waals surface area contributed by atoms with Crippen LogP contribution in [-0.2, 0) is 0 Å². The molecule has 0 amide bonds. The lowest BCUT2D eigenvalue weighted by molar-refractivity contribution is 0.101. The van der Waals surface area contributed by atoms with Gasteiger partial charge in [-0.15, -0.1) is 0 Å². The Balaban J connectivity index is 1.90. The van der Waals surface area contributed by atoms with Gasteiger partial charge in [0, 0.05) is 18.8 Å². The first-order chi connectivity index (χ1) is 9.27. The number of rotatable bonds is 3. The molecule has 0 radical (unpaired) electrons. The first kappa shape index (κ1) is 12.6. The minimum atomic E-state index is 0.125. The third-order valence-corrected chi connectivity index (χ3v) is 4.68. The molecule has 2 heterocycles. The first-order valence-electron chi connectivity index (χ1n) is 7.50. The van der Waals surface area contributed by atoms with Gasteiger partial charge in [0.2, 0.25) is 0 Å². The standard InChI is InChI=1S/C16H22N2O/c1-12(19)14-8-4-10-17-16(14)18-11-5-9-15(18)13-6-2-3-7-13/h4,8,10,13,15H,2-3,5-7,9,11H2,1H3. The van der Waals surface area contributed by atoms with E-state index in [1.54, 1.807) is 6.92 Å². The summed E-state index contributed by atoms with van der Waals surface area (Å²) < 4.78 is 0. The highest BCUT2D eigenvalue weighted by atomic mass is 16.1. The molecule has 3 rings (SSSR count). The highest BCUT2D eigenvalue weighted by Gasteiger charge is 2.35. The minimum absolute atomic E-state index is 0.125. The first-order valence-corrected chi connectivity index (χ1v) is 7.50. The number of aromatic nitrogens is 1. The fraction of sp³-hybridized carbons (Fsp3) is 0.625. The van der Waals surface area contributed by atoms with Gasteiger partial charge in [0.25, 0.3) is 0 Å². The molecule has 2 fully saturated rings. The molecule has 1 saturated heterocycles. The van der Waals surface area contributed by atoms with Crippen LogP contribution in [0, 0.1) is 5.92 Å². The number of carbonyl (C=O) groups is 1. The van der Waals surface area contributed by atoms with Crippen molar-refractivity contribution in [3.63, 3.8) is 0 Å². The highest BCUT2D eigenvalue weighted by molar-refractivity contribution is 5.98. The fourth-order valence-electron chi connectivity index (χ4n) is 3.79. The van der Waals surface area contributed by atoms with E-state index in [0.717, 1.165) is 23.8 Å². The average Bonchev–Trinajstić information content (AvgIpc) is 3.09. The van der Waals surface area contributed by atoms with Crippen LogP contribution < -0.4 is 4.90 Å². The van der Waals surface area contributed by atoms with Crippen molar-refractivity contribution in [2.45, 2.75) is 51.5 Å². The van der Waals surface area contributed by atoms with E-state index in [1.165, 1.54) is 38.5 Å². The quantitative estimate of drug-likeness (QED) is 0.779. The lowest BCUT2D eigenvalue weighted by atomic mass is 9.95. The maximum absolute atomic E-state index is 11.8. The Bertz CT molecular complexity index is 466. The van der Waals surface area contributed by atoms with Crippen molar-refractivity contribution in [2.24, 2.45) is 5.92 Å². The van der Waals surface area contributed by atoms with E-state index >= 15 is 0 Å². The zero-order valence-corrected chi connectivity index (χ0v) is 11.6. The van der Waals surface area contributed by atoms with Crippen molar-refractivity contribution >= 4 is 11.6 Å². The molecular weight excluding hydrogens is 236 g/mol. The zero-order chi connectivity index (χ0) is 13.2. The number of ketones is 1. The van der Waals surface area contributed by atoms with Crippen LogP contribution in [0.5, 0.6) is 0 Å². The molecule has 1 unspecified atom stereocenters. The highest BCUT2D eigenvalue weighted by Crippen LogP contribution is 2.38. The number of anilines is 1. The summed E-state index contributed by atoms with van der Waals surface area (Å²) in [4.78, 5) is 18.7. The Labute approximate surface area is 115 Å². The van der Waals surface area contributed by atoms with Crippen LogP contribution >= 0.6 is 0 Å². The van der Waals surface area contributed by atoms with E-state index in [4.69, 9.17) is 0 Å². The number of hydrogen-bond acceptors (Lipinski definition) is 3. The molecule has 2 aliphatic rings. The Kier molecular flexibility index (Phi) is 3.54. The SMILES string of the molecule is CC(=O)c1cccnc1N1CCCC1C1CCCC1. The summed E-state index contributed by atoms with van der Waals surface area (Å²) in [6.45, 7) is 2.69. The van der Waals surface area contributed by atoms with Crippen molar-refractivity contribution < 1.29 is 4.79 Å². The molecule has 1 aromatic heterocycles. The molecule has 0 spiro atoms. The Morgan fingerprint density at radius 1 is 1.26 bits per heavy atom. The fourth-order valence-corrected chi connectivity index (χ4v) is 3.79. The summed E-state index contributed by atoms with van der Waals surface area (Å²) in [5, 5.41) is 0. The van der Waals surface area contributed by atoms with Gasteiger partial charge in [-0.05, 0) is 50.7 Å². The van der Waals surface area contributed by atoms with Crippen molar-refractivity contribution in [1.29, 1.82) is 0 Å². The van der Waals surface area contributed by atoms with Crippen molar-refractivity contribution in [3.8, 4) is 0 Å². The summed E-state index contributed by atoms with van der Waals surface area (Å²) in [7, 11) is 0. The zero-order valence-electron chi connectivity index (χ0n) is 11.6. The van der Waals surface area contributed by atoms with E-state index < -0.39 is 0 Å². The van der Waals surface area contributed by atoms with Crippen LogP contribution in [0.2, 0.25) is 0 Å². The van der Waals surface area contributed by atoms with E-state index in [-0.39, 0.29) is 5.78 Å². The van der Waals surface area contributed by atoms with Crippen LogP contribution in [0.1, 0.15) is 55.8 Å². The summed E-state index contributed by atoms with van der Waals surface area (Å²) in [6.07, 6.45) is 9.75. The molecule has 1 aliphatic heterocycles. The van der Waals surface area contributed by atoms with Crippen LogP contribution in [-0.4, -0.2) is 23.4 Å². The summed E-state index contributed by atoms with van der Waals surface area (Å²) in [5.41, 5.74) is 0.785. The topological polar surface area (TPSA) is 33.2 Å². The summed E-state index contributed by atoms with van der Waals surface area (Å²) >= 11 is 0. The maximum atomic E-state index is 11.8. The molecule has 0 N–H and O–H groups in total. The maximum Gasteiger partial charge on any atom is 0.163 e. The molecule has 102 valence electrons. The van der Waals surface area contributed by atoms with Crippen LogP contribution in [0.3, 0.4) is 0 Å². The molecule has 1 aliphatic carbocycles. The molecular formula is C16H22N2O. The van der Waals surface area contributed by atoms with Gasteiger partial charge in [0.1, 0.15) is 5.82 Å². The second-order valence-corrected chi connectivity index (χ2v) is 5.88. The lowest BCUT2D eigenvalue weighted by Gasteiger charge is -2.31. The Morgan fingerprint density at radius 2 is 2.05 bits per heavy atom. The van der Waals surface area contributed by atoms with E-state index in [1.807, 2.05) is 18.3 Å². The number of hydrogen-bond donors (Lipinski definition) is 0. The lowest BCUT2D eigenvalue weighted by Crippen LogP contribution is -2.36. The van der Waals surface area contributed by atoms with E-state index in [9.17, 15) is 4.79 Å². The van der Waals surface area contributed by atoms with Crippen LogP contribution in [0.25, 0.3) is 0 Å². The van der Waals surface area contributed by atoms with Crippen LogP contribution in [0.15, 0.2) is 18.3 Å².